The molecule has 1 aromatic carbocycles. The van der Waals surface area contributed by atoms with E-state index in [2.05, 4.69) is 5.32 Å². The monoisotopic (exact) mass is 274 g/mol. The van der Waals surface area contributed by atoms with Gasteiger partial charge in [0.1, 0.15) is 0 Å². The van der Waals surface area contributed by atoms with E-state index in [1.54, 1.807) is 17.9 Å². The van der Waals surface area contributed by atoms with Crippen LogP contribution in [0.2, 0.25) is 0 Å². The molecule has 0 saturated carbocycles. The molecular weight excluding hydrogens is 256 g/mol. The van der Waals surface area contributed by atoms with E-state index in [9.17, 15) is 14.7 Å². The van der Waals surface area contributed by atoms with E-state index in [1.807, 2.05) is 25.1 Å². The van der Waals surface area contributed by atoms with Gasteiger partial charge in [-0.2, -0.15) is 0 Å². The Morgan fingerprint density at radius 1 is 1.25 bits per heavy atom. The first-order valence-electron chi connectivity index (χ1n) is 6.54. The van der Waals surface area contributed by atoms with E-state index >= 15 is 0 Å². The Morgan fingerprint density at radius 2 is 2.00 bits per heavy atom. The number of benzene rings is 1. The highest BCUT2D eigenvalue weighted by Crippen LogP contribution is 2.23. The molecule has 0 fully saturated rings. The Kier molecular flexibility index (Phi) is 4.08. The zero-order valence-electron chi connectivity index (χ0n) is 11.6. The zero-order valence-corrected chi connectivity index (χ0v) is 11.6. The molecule has 1 aliphatic heterocycles. The van der Waals surface area contributed by atoms with Crippen LogP contribution in [-0.4, -0.2) is 35.1 Å². The number of aryl methyl sites for hydroxylation is 2. The number of aromatic carboxylic acids is 1. The third-order valence-electron chi connectivity index (χ3n) is 3.29. The van der Waals surface area contributed by atoms with Gasteiger partial charge in [-0.1, -0.05) is 18.2 Å². The predicted octanol–water partition coefficient (Wildman–Crippen LogP) is 2.80. The third kappa shape index (κ3) is 2.99. The summed E-state index contributed by atoms with van der Waals surface area (Å²) in [7, 11) is 0. The van der Waals surface area contributed by atoms with Crippen LogP contribution < -0.4 is 5.32 Å². The molecule has 1 aliphatic rings. The zero-order chi connectivity index (χ0) is 14.7. The van der Waals surface area contributed by atoms with Crippen molar-refractivity contribution in [3.63, 3.8) is 0 Å². The van der Waals surface area contributed by atoms with Gasteiger partial charge in [-0.05, 0) is 37.5 Å². The minimum absolute atomic E-state index is 0.128. The molecule has 0 aromatic heterocycles. The van der Waals surface area contributed by atoms with E-state index in [-0.39, 0.29) is 11.6 Å². The summed E-state index contributed by atoms with van der Waals surface area (Å²) in [6.45, 7) is 4.83. The van der Waals surface area contributed by atoms with Crippen molar-refractivity contribution < 1.29 is 14.7 Å². The standard InChI is InChI=1S/C15H18N2O3/c1-10-8-11(2)13(12(9-10)14(18)19)16-15(20)17-6-4-3-5-7-17/h3-4,8-9H,5-7H2,1-2H3,(H,16,20)(H,18,19). The van der Waals surface area contributed by atoms with Crippen LogP contribution in [0.4, 0.5) is 10.5 Å². The van der Waals surface area contributed by atoms with Gasteiger partial charge in [0.15, 0.2) is 0 Å². The first-order chi connectivity index (χ1) is 9.49. The maximum absolute atomic E-state index is 12.2. The van der Waals surface area contributed by atoms with Crippen molar-refractivity contribution in [2.24, 2.45) is 0 Å². The molecular formula is C15H18N2O3. The van der Waals surface area contributed by atoms with Crippen LogP contribution in [0.3, 0.4) is 0 Å². The Balaban J connectivity index is 2.26. The largest absolute Gasteiger partial charge is 0.478 e. The van der Waals surface area contributed by atoms with Gasteiger partial charge >= 0.3 is 12.0 Å². The Bertz CT molecular complexity index is 579. The first-order valence-corrected chi connectivity index (χ1v) is 6.54. The summed E-state index contributed by atoms with van der Waals surface area (Å²) >= 11 is 0. The van der Waals surface area contributed by atoms with Gasteiger partial charge in [0.05, 0.1) is 11.3 Å². The topological polar surface area (TPSA) is 69.6 Å². The van der Waals surface area contributed by atoms with E-state index in [0.717, 1.165) is 17.5 Å². The molecule has 0 radical (unpaired) electrons. The Morgan fingerprint density at radius 3 is 2.60 bits per heavy atom. The van der Waals surface area contributed by atoms with Crippen molar-refractivity contribution in [2.75, 3.05) is 18.4 Å². The molecule has 2 N–H and O–H groups in total. The lowest BCUT2D eigenvalue weighted by molar-refractivity contribution is 0.0698. The van der Waals surface area contributed by atoms with E-state index in [0.29, 0.717) is 18.8 Å². The third-order valence-corrected chi connectivity index (χ3v) is 3.29. The number of nitrogens with one attached hydrogen (secondary N) is 1. The molecule has 1 heterocycles. The normalized spacial score (nSPS) is 14.2. The Hall–Kier alpha value is -2.30. The second kappa shape index (κ2) is 5.77. The Labute approximate surface area is 117 Å². The molecule has 0 saturated heterocycles. The summed E-state index contributed by atoms with van der Waals surface area (Å²) in [5.74, 6) is -1.04. The van der Waals surface area contributed by atoms with Crippen LogP contribution in [-0.2, 0) is 0 Å². The van der Waals surface area contributed by atoms with Crippen LogP contribution in [0.1, 0.15) is 27.9 Å². The number of carboxylic acid groups (broad SMARTS) is 1. The molecule has 0 spiro atoms. The fourth-order valence-corrected chi connectivity index (χ4v) is 2.31. The number of carboxylic acids is 1. The molecule has 2 rings (SSSR count). The van der Waals surface area contributed by atoms with Gasteiger partial charge in [0, 0.05) is 13.1 Å². The highest BCUT2D eigenvalue weighted by Gasteiger charge is 2.19. The van der Waals surface area contributed by atoms with Gasteiger partial charge in [-0.3, -0.25) is 0 Å². The lowest BCUT2D eigenvalue weighted by atomic mass is 10.0. The highest BCUT2D eigenvalue weighted by molar-refractivity contribution is 6.01. The summed E-state index contributed by atoms with van der Waals surface area (Å²) in [4.78, 5) is 25.1. The molecule has 5 nitrogen and oxygen atoms in total. The van der Waals surface area contributed by atoms with E-state index in [4.69, 9.17) is 0 Å². The molecule has 1 aromatic rings. The number of hydrogen-bond donors (Lipinski definition) is 2. The molecule has 2 amide bonds. The quantitative estimate of drug-likeness (QED) is 0.815. The molecule has 0 bridgehead atoms. The summed E-state index contributed by atoms with van der Waals surface area (Å²) < 4.78 is 0. The van der Waals surface area contributed by atoms with Crippen LogP contribution in [0.25, 0.3) is 0 Å². The van der Waals surface area contributed by atoms with Gasteiger partial charge in [-0.15, -0.1) is 0 Å². The van der Waals surface area contributed by atoms with E-state index in [1.165, 1.54) is 0 Å². The highest BCUT2D eigenvalue weighted by atomic mass is 16.4. The number of nitrogens with zero attached hydrogens (tertiary/aromatic N) is 1. The summed E-state index contributed by atoms with van der Waals surface area (Å²) in [6.07, 6.45) is 4.79. The number of anilines is 1. The second-order valence-corrected chi connectivity index (χ2v) is 4.95. The van der Waals surface area contributed by atoms with Crippen LogP contribution >= 0.6 is 0 Å². The average molecular weight is 274 g/mol. The number of urea groups is 1. The van der Waals surface area contributed by atoms with Crippen LogP contribution in [0.5, 0.6) is 0 Å². The summed E-state index contributed by atoms with van der Waals surface area (Å²) in [5, 5.41) is 12.0. The first kappa shape index (κ1) is 14.1. The molecule has 20 heavy (non-hydrogen) atoms. The summed E-state index contributed by atoms with van der Waals surface area (Å²) in [6, 6.07) is 3.17. The smallest absolute Gasteiger partial charge is 0.337 e. The number of carbonyl (C=O) groups is 2. The van der Waals surface area contributed by atoms with Crippen molar-refractivity contribution in [1.29, 1.82) is 0 Å². The molecule has 106 valence electrons. The SMILES string of the molecule is Cc1cc(C)c(NC(=O)N2CC=CCC2)c(C(=O)O)c1. The van der Waals surface area contributed by atoms with Gasteiger partial charge in [0.25, 0.3) is 0 Å². The average Bonchev–Trinajstić information content (AvgIpc) is 2.42. The predicted molar refractivity (Wildman–Crippen MR) is 77.2 cm³/mol. The number of amides is 2. The number of carbonyl (C=O) groups excluding carboxylic acids is 1. The molecule has 0 aliphatic carbocycles. The lowest BCUT2D eigenvalue weighted by Gasteiger charge is -2.24. The molecule has 0 unspecified atom stereocenters. The van der Waals surface area contributed by atoms with E-state index < -0.39 is 5.97 Å². The van der Waals surface area contributed by atoms with Gasteiger partial charge < -0.3 is 15.3 Å². The maximum Gasteiger partial charge on any atom is 0.337 e. The second-order valence-electron chi connectivity index (χ2n) is 4.95. The number of hydrogen-bond acceptors (Lipinski definition) is 2. The minimum atomic E-state index is -1.04. The van der Waals surface area contributed by atoms with Crippen molar-refractivity contribution in [3.05, 3.63) is 41.0 Å². The van der Waals surface area contributed by atoms with Crippen LogP contribution in [0.15, 0.2) is 24.3 Å². The summed E-state index contributed by atoms with van der Waals surface area (Å²) in [5.41, 5.74) is 2.12. The van der Waals surface area contributed by atoms with Crippen molar-refractivity contribution in [2.45, 2.75) is 20.3 Å². The van der Waals surface area contributed by atoms with Crippen LogP contribution in [0, 0.1) is 13.8 Å². The fourth-order valence-electron chi connectivity index (χ4n) is 2.31. The van der Waals surface area contributed by atoms with Crippen molar-refractivity contribution in [3.8, 4) is 0 Å². The molecule has 0 atom stereocenters. The maximum atomic E-state index is 12.2. The minimum Gasteiger partial charge on any atom is -0.478 e. The lowest BCUT2D eigenvalue weighted by Crippen LogP contribution is -2.37. The fraction of sp³-hybridized carbons (Fsp3) is 0.333. The molecule has 5 heteroatoms. The van der Waals surface area contributed by atoms with Crippen molar-refractivity contribution >= 4 is 17.7 Å². The van der Waals surface area contributed by atoms with Gasteiger partial charge in [0.2, 0.25) is 0 Å². The van der Waals surface area contributed by atoms with Gasteiger partial charge in [-0.25, -0.2) is 9.59 Å². The number of rotatable bonds is 2. The van der Waals surface area contributed by atoms with Crippen molar-refractivity contribution in [1.82, 2.24) is 4.90 Å².